The summed E-state index contributed by atoms with van der Waals surface area (Å²) in [7, 11) is 0. The van der Waals surface area contributed by atoms with Crippen LogP contribution in [0.4, 0.5) is 5.95 Å². The molecule has 0 fully saturated rings. The molecule has 98 valence electrons. The standard InChI is InChI=1S/C11H11N5O3/c1-7(10(18)19)16-9(17)8(5-12)6-15-11-13-3-2-4-14-11/h2-4,6-7H,1H3,(H,16,17)(H,18,19)(H,13,14,15)/b8-6-. The second-order valence-electron chi connectivity index (χ2n) is 3.42. The molecule has 19 heavy (non-hydrogen) atoms. The summed E-state index contributed by atoms with van der Waals surface area (Å²) in [4.78, 5) is 29.8. The lowest BCUT2D eigenvalue weighted by Crippen LogP contribution is -2.39. The van der Waals surface area contributed by atoms with Gasteiger partial charge in [0.1, 0.15) is 17.7 Å². The highest BCUT2D eigenvalue weighted by Crippen LogP contribution is 1.98. The Morgan fingerprint density at radius 3 is 2.63 bits per heavy atom. The summed E-state index contributed by atoms with van der Waals surface area (Å²) in [5, 5.41) is 22.2. The van der Waals surface area contributed by atoms with Gasteiger partial charge in [0.05, 0.1) is 0 Å². The zero-order valence-electron chi connectivity index (χ0n) is 9.99. The van der Waals surface area contributed by atoms with E-state index in [1.54, 1.807) is 12.1 Å². The lowest BCUT2D eigenvalue weighted by atomic mass is 10.2. The molecule has 1 heterocycles. The van der Waals surface area contributed by atoms with Crippen molar-refractivity contribution in [1.82, 2.24) is 15.3 Å². The van der Waals surface area contributed by atoms with Gasteiger partial charge in [0.15, 0.2) is 0 Å². The number of hydrogen-bond acceptors (Lipinski definition) is 6. The Labute approximate surface area is 108 Å². The molecular formula is C11H11N5O3. The number of rotatable bonds is 5. The fraction of sp³-hybridized carbons (Fsp3) is 0.182. The summed E-state index contributed by atoms with van der Waals surface area (Å²) in [5.74, 6) is -1.76. The third-order valence-corrected chi connectivity index (χ3v) is 1.99. The Morgan fingerprint density at radius 2 is 2.11 bits per heavy atom. The number of aliphatic carboxylic acids is 1. The van der Waals surface area contributed by atoms with Crippen molar-refractivity contribution >= 4 is 17.8 Å². The predicted octanol–water partition coefficient (Wildman–Crippen LogP) is -0.115. The summed E-state index contributed by atoms with van der Waals surface area (Å²) in [6.07, 6.45) is 4.09. The number of anilines is 1. The van der Waals surface area contributed by atoms with Crippen LogP contribution in [-0.2, 0) is 9.59 Å². The number of hydrogen-bond donors (Lipinski definition) is 3. The maximum atomic E-state index is 11.6. The van der Waals surface area contributed by atoms with E-state index in [1.165, 1.54) is 19.3 Å². The minimum atomic E-state index is -1.19. The van der Waals surface area contributed by atoms with Crippen LogP contribution >= 0.6 is 0 Å². The molecular weight excluding hydrogens is 250 g/mol. The third-order valence-electron chi connectivity index (χ3n) is 1.99. The first-order chi connectivity index (χ1) is 9.04. The quantitative estimate of drug-likeness (QED) is 0.498. The number of carboxylic acids is 1. The highest BCUT2D eigenvalue weighted by molar-refractivity contribution is 5.99. The molecule has 1 aromatic heterocycles. The van der Waals surface area contributed by atoms with Gasteiger partial charge in [0.2, 0.25) is 5.95 Å². The highest BCUT2D eigenvalue weighted by atomic mass is 16.4. The number of carbonyl (C=O) groups is 2. The van der Waals surface area contributed by atoms with Gasteiger partial charge in [0, 0.05) is 18.6 Å². The smallest absolute Gasteiger partial charge is 0.325 e. The van der Waals surface area contributed by atoms with Crippen LogP contribution < -0.4 is 10.6 Å². The molecule has 0 aliphatic carbocycles. The van der Waals surface area contributed by atoms with Crippen molar-refractivity contribution in [3.63, 3.8) is 0 Å². The summed E-state index contributed by atoms with van der Waals surface area (Å²) >= 11 is 0. The number of amides is 1. The normalized spacial score (nSPS) is 12.1. The first-order valence-electron chi connectivity index (χ1n) is 5.22. The SMILES string of the molecule is CC(NC(=O)/C(C#N)=C\Nc1ncccn1)C(=O)O. The first kappa shape index (κ1) is 14.1. The maximum absolute atomic E-state index is 11.6. The van der Waals surface area contributed by atoms with Crippen LogP contribution in [0, 0.1) is 11.3 Å². The summed E-state index contributed by atoms with van der Waals surface area (Å²) in [6, 6.07) is 2.18. The van der Waals surface area contributed by atoms with E-state index < -0.39 is 17.9 Å². The van der Waals surface area contributed by atoms with Crippen molar-refractivity contribution in [2.75, 3.05) is 5.32 Å². The molecule has 0 saturated carbocycles. The molecule has 1 aromatic rings. The largest absolute Gasteiger partial charge is 0.480 e. The zero-order chi connectivity index (χ0) is 14.3. The van der Waals surface area contributed by atoms with Gasteiger partial charge in [-0.3, -0.25) is 9.59 Å². The van der Waals surface area contributed by atoms with Crippen LogP contribution in [0.1, 0.15) is 6.92 Å². The molecule has 1 rings (SSSR count). The first-order valence-corrected chi connectivity index (χ1v) is 5.22. The molecule has 0 aliphatic rings. The van der Waals surface area contributed by atoms with Crippen molar-refractivity contribution in [2.45, 2.75) is 13.0 Å². The van der Waals surface area contributed by atoms with Gasteiger partial charge in [-0.2, -0.15) is 5.26 Å². The van der Waals surface area contributed by atoms with Gasteiger partial charge in [-0.15, -0.1) is 0 Å². The molecule has 8 nitrogen and oxygen atoms in total. The highest BCUT2D eigenvalue weighted by Gasteiger charge is 2.16. The van der Waals surface area contributed by atoms with E-state index in [4.69, 9.17) is 10.4 Å². The average molecular weight is 261 g/mol. The summed E-state index contributed by atoms with van der Waals surface area (Å²) in [6.45, 7) is 1.29. The fourth-order valence-electron chi connectivity index (χ4n) is 0.995. The molecule has 0 radical (unpaired) electrons. The summed E-state index contributed by atoms with van der Waals surface area (Å²) in [5.41, 5.74) is -0.277. The van der Waals surface area contributed by atoms with E-state index in [0.717, 1.165) is 6.20 Å². The molecule has 1 atom stereocenters. The van der Waals surface area contributed by atoms with Crippen molar-refractivity contribution in [3.8, 4) is 6.07 Å². The minimum Gasteiger partial charge on any atom is -0.480 e. The van der Waals surface area contributed by atoms with Crippen LogP contribution in [0.25, 0.3) is 0 Å². The van der Waals surface area contributed by atoms with Gasteiger partial charge >= 0.3 is 5.97 Å². The van der Waals surface area contributed by atoms with Crippen LogP contribution in [0.2, 0.25) is 0 Å². The molecule has 3 N–H and O–H groups in total. The van der Waals surface area contributed by atoms with Crippen LogP contribution in [0.3, 0.4) is 0 Å². The number of carboxylic acid groups (broad SMARTS) is 1. The Hall–Kier alpha value is -2.95. The maximum Gasteiger partial charge on any atom is 0.325 e. The Kier molecular flexibility index (Phi) is 4.98. The molecule has 0 bridgehead atoms. The van der Waals surface area contributed by atoms with Gasteiger partial charge < -0.3 is 15.7 Å². The van der Waals surface area contributed by atoms with Crippen LogP contribution in [0.15, 0.2) is 30.2 Å². The monoisotopic (exact) mass is 261 g/mol. The Morgan fingerprint density at radius 1 is 1.47 bits per heavy atom. The number of carbonyl (C=O) groups excluding carboxylic acids is 1. The number of nitriles is 1. The third kappa shape index (κ3) is 4.43. The Balaban J connectivity index is 2.70. The van der Waals surface area contributed by atoms with Gasteiger partial charge in [-0.05, 0) is 13.0 Å². The van der Waals surface area contributed by atoms with Crippen molar-refractivity contribution in [1.29, 1.82) is 5.26 Å². The molecule has 1 amide bonds. The molecule has 0 spiro atoms. The molecule has 0 aromatic carbocycles. The van der Waals surface area contributed by atoms with E-state index in [-0.39, 0.29) is 11.5 Å². The average Bonchev–Trinajstić information content (AvgIpc) is 2.40. The van der Waals surface area contributed by atoms with E-state index in [0.29, 0.717) is 0 Å². The van der Waals surface area contributed by atoms with Gasteiger partial charge in [0.25, 0.3) is 5.91 Å². The van der Waals surface area contributed by atoms with E-state index in [2.05, 4.69) is 20.6 Å². The van der Waals surface area contributed by atoms with E-state index in [9.17, 15) is 9.59 Å². The lowest BCUT2D eigenvalue weighted by molar-refractivity contribution is -0.140. The number of nitrogens with one attached hydrogen (secondary N) is 2. The molecule has 0 saturated heterocycles. The molecule has 0 aliphatic heterocycles. The van der Waals surface area contributed by atoms with Crippen molar-refractivity contribution in [2.24, 2.45) is 0 Å². The number of nitrogens with zero attached hydrogens (tertiary/aromatic N) is 3. The van der Waals surface area contributed by atoms with E-state index in [1.807, 2.05) is 0 Å². The fourth-order valence-corrected chi connectivity index (χ4v) is 0.995. The van der Waals surface area contributed by atoms with Crippen molar-refractivity contribution in [3.05, 3.63) is 30.2 Å². The topological polar surface area (TPSA) is 128 Å². The van der Waals surface area contributed by atoms with Gasteiger partial charge in [-0.1, -0.05) is 0 Å². The van der Waals surface area contributed by atoms with Gasteiger partial charge in [-0.25, -0.2) is 9.97 Å². The van der Waals surface area contributed by atoms with Crippen molar-refractivity contribution < 1.29 is 14.7 Å². The predicted molar refractivity (Wildman–Crippen MR) is 64.6 cm³/mol. The minimum absolute atomic E-state index is 0.217. The van der Waals surface area contributed by atoms with Crippen LogP contribution in [-0.4, -0.2) is 33.0 Å². The second kappa shape index (κ2) is 6.70. The van der Waals surface area contributed by atoms with E-state index >= 15 is 0 Å². The summed E-state index contributed by atoms with van der Waals surface area (Å²) < 4.78 is 0. The zero-order valence-corrected chi connectivity index (χ0v) is 9.99. The Bertz CT molecular complexity index is 535. The molecule has 1 unspecified atom stereocenters. The second-order valence-corrected chi connectivity index (χ2v) is 3.42. The lowest BCUT2D eigenvalue weighted by Gasteiger charge is -2.08. The molecule has 8 heteroatoms. The van der Waals surface area contributed by atoms with Crippen LogP contribution in [0.5, 0.6) is 0 Å². The number of aromatic nitrogens is 2.